The summed E-state index contributed by atoms with van der Waals surface area (Å²) in [4.78, 5) is 16.4. The Morgan fingerprint density at radius 1 is 1.35 bits per heavy atom. The molecule has 1 saturated carbocycles. The number of nitrogens with zero attached hydrogens (tertiary/aromatic N) is 1. The first-order valence-corrected chi connectivity index (χ1v) is 6.46. The van der Waals surface area contributed by atoms with E-state index < -0.39 is 5.54 Å². The molecule has 0 aromatic heterocycles. The second-order valence-electron chi connectivity index (χ2n) is 6.29. The van der Waals surface area contributed by atoms with Crippen molar-refractivity contribution in [2.75, 3.05) is 7.05 Å². The van der Waals surface area contributed by atoms with Crippen molar-refractivity contribution in [2.45, 2.75) is 52.0 Å². The maximum absolute atomic E-state index is 12.3. The van der Waals surface area contributed by atoms with Crippen molar-refractivity contribution in [3.8, 4) is 0 Å². The Hall–Kier alpha value is -1.06. The van der Waals surface area contributed by atoms with Gasteiger partial charge < -0.3 is 5.32 Å². The number of guanidine groups is 1. The summed E-state index contributed by atoms with van der Waals surface area (Å²) in [6.07, 6.45) is 4.36. The Morgan fingerprint density at radius 2 is 2.06 bits per heavy atom. The fraction of sp³-hybridized carbons (Fsp3) is 0.846. The molecule has 0 bridgehead atoms. The highest BCUT2D eigenvalue weighted by molar-refractivity contribution is 6.09. The second-order valence-corrected chi connectivity index (χ2v) is 6.29. The minimum absolute atomic E-state index is 0.109. The minimum Gasteiger partial charge on any atom is -0.341 e. The highest BCUT2D eigenvalue weighted by Crippen LogP contribution is 2.45. The van der Waals surface area contributed by atoms with Crippen LogP contribution in [0.15, 0.2) is 4.99 Å². The van der Waals surface area contributed by atoms with Gasteiger partial charge in [0.2, 0.25) is 0 Å². The van der Waals surface area contributed by atoms with E-state index >= 15 is 0 Å². The molecule has 0 radical (unpaired) electrons. The quantitative estimate of drug-likeness (QED) is 0.673. The van der Waals surface area contributed by atoms with Crippen LogP contribution in [-0.2, 0) is 4.79 Å². The molecule has 1 spiro atoms. The summed E-state index contributed by atoms with van der Waals surface area (Å²) in [5, 5.41) is 6.22. The van der Waals surface area contributed by atoms with Crippen LogP contribution in [0.25, 0.3) is 0 Å². The standard InChI is InChI=1S/C13H23N3O/c1-12(2,3)9-7-5-6-8-13(9)10(17)15-11(14-4)16-13/h9H,5-8H2,1-4H3,(H2,14,15,16,17). The third-order valence-electron chi connectivity index (χ3n) is 4.16. The molecule has 1 amide bonds. The minimum atomic E-state index is -0.425. The van der Waals surface area contributed by atoms with Gasteiger partial charge in [0, 0.05) is 7.05 Å². The predicted octanol–water partition coefficient (Wildman–Crippen LogP) is 1.67. The molecule has 1 aliphatic carbocycles. The molecule has 2 unspecified atom stereocenters. The number of carbonyl (C=O) groups excluding carboxylic acids is 1. The monoisotopic (exact) mass is 237 g/mol. The van der Waals surface area contributed by atoms with E-state index in [-0.39, 0.29) is 11.3 Å². The zero-order chi connectivity index (χ0) is 12.7. The van der Waals surface area contributed by atoms with Crippen molar-refractivity contribution in [3.63, 3.8) is 0 Å². The maximum atomic E-state index is 12.3. The highest BCUT2D eigenvalue weighted by atomic mass is 16.2. The van der Waals surface area contributed by atoms with Gasteiger partial charge in [0.1, 0.15) is 5.54 Å². The van der Waals surface area contributed by atoms with E-state index in [4.69, 9.17) is 0 Å². The van der Waals surface area contributed by atoms with Crippen LogP contribution in [0, 0.1) is 11.3 Å². The van der Waals surface area contributed by atoms with E-state index in [0.717, 1.165) is 19.3 Å². The van der Waals surface area contributed by atoms with Crippen LogP contribution in [0.2, 0.25) is 0 Å². The topological polar surface area (TPSA) is 53.5 Å². The smallest absolute Gasteiger partial charge is 0.252 e. The molecule has 0 aromatic carbocycles. The molecule has 2 aliphatic rings. The molecule has 4 nitrogen and oxygen atoms in total. The molecule has 96 valence electrons. The largest absolute Gasteiger partial charge is 0.341 e. The van der Waals surface area contributed by atoms with Crippen LogP contribution < -0.4 is 10.6 Å². The Morgan fingerprint density at radius 3 is 2.59 bits per heavy atom. The van der Waals surface area contributed by atoms with Gasteiger partial charge in [-0.2, -0.15) is 0 Å². The first kappa shape index (κ1) is 12.4. The predicted molar refractivity (Wildman–Crippen MR) is 68.8 cm³/mol. The molecule has 2 fully saturated rings. The maximum Gasteiger partial charge on any atom is 0.252 e. The Labute approximate surface area is 103 Å². The van der Waals surface area contributed by atoms with Crippen LogP contribution in [0.4, 0.5) is 0 Å². The summed E-state index contributed by atoms with van der Waals surface area (Å²) in [5.74, 6) is 1.10. The van der Waals surface area contributed by atoms with Gasteiger partial charge >= 0.3 is 0 Å². The van der Waals surface area contributed by atoms with E-state index in [1.165, 1.54) is 6.42 Å². The number of rotatable bonds is 0. The normalized spacial score (nSPS) is 36.1. The average Bonchev–Trinajstić information content (AvgIpc) is 2.55. The van der Waals surface area contributed by atoms with Gasteiger partial charge in [0.15, 0.2) is 5.96 Å². The fourth-order valence-electron chi connectivity index (χ4n) is 3.40. The van der Waals surface area contributed by atoms with Crippen LogP contribution in [0.1, 0.15) is 46.5 Å². The summed E-state index contributed by atoms with van der Waals surface area (Å²) in [6, 6.07) is 0. The Kier molecular flexibility index (Phi) is 2.92. The van der Waals surface area contributed by atoms with Crippen molar-refractivity contribution in [1.82, 2.24) is 10.6 Å². The Bertz CT molecular complexity index is 356. The molecule has 2 atom stereocenters. The molecular formula is C13H23N3O. The number of carbonyl (C=O) groups is 1. The zero-order valence-electron chi connectivity index (χ0n) is 11.3. The third-order valence-corrected chi connectivity index (χ3v) is 4.16. The van der Waals surface area contributed by atoms with Gasteiger partial charge in [-0.1, -0.05) is 33.6 Å². The first-order chi connectivity index (χ1) is 7.90. The van der Waals surface area contributed by atoms with Crippen molar-refractivity contribution in [3.05, 3.63) is 0 Å². The molecule has 2 rings (SSSR count). The van der Waals surface area contributed by atoms with Crippen molar-refractivity contribution in [2.24, 2.45) is 16.3 Å². The van der Waals surface area contributed by atoms with E-state index in [9.17, 15) is 4.79 Å². The molecule has 2 N–H and O–H groups in total. The second kappa shape index (κ2) is 4.00. The molecular weight excluding hydrogens is 214 g/mol. The van der Waals surface area contributed by atoms with Crippen molar-refractivity contribution >= 4 is 11.9 Å². The first-order valence-electron chi connectivity index (χ1n) is 6.46. The molecule has 0 aromatic rings. The lowest BCUT2D eigenvalue weighted by molar-refractivity contribution is -0.129. The SMILES string of the molecule is CN=C1NC(=O)C2(CCCCC2C(C)(C)C)N1. The van der Waals surface area contributed by atoms with Gasteiger partial charge in [-0.3, -0.25) is 15.1 Å². The fourth-order valence-corrected chi connectivity index (χ4v) is 3.40. The summed E-state index contributed by atoms with van der Waals surface area (Å²) in [6.45, 7) is 6.67. The molecule has 17 heavy (non-hydrogen) atoms. The van der Waals surface area contributed by atoms with E-state index in [2.05, 4.69) is 36.4 Å². The third kappa shape index (κ3) is 1.94. The van der Waals surface area contributed by atoms with Gasteiger partial charge in [-0.25, -0.2) is 0 Å². The van der Waals surface area contributed by atoms with E-state index in [1.54, 1.807) is 7.05 Å². The average molecular weight is 237 g/mol. The van der Waals surface area contributed by atoms with Crippen LogP contribution >= 0.6 is 0 Å². The van der Waals surface area contributed by atoms with Crippen LogP contribution in [0.5, 0.6) is 0 Å². The van der Waals surface area contributed by atoms with Crippen LogP contribution in [-0.4, -0.2) is 24.5 Å². The zero-order valence-corrected chi connectivity index (χ0v) is 11.3. The van der Waals surface area contributed by atoms with Gasteiger partial charge in [0.05, 0.1) is 0 Å². The number of amides is 1. The summed E-state index contributed by atoms with van der Waals surface area (Å²) in [5.41, 5.74) is -0.292. The Balaban J connectivity index is 2.36. The van der Waals surface area contributed by atoms with Crippen molar-refractivity contribution < 1.29 is 4.79 Å². The molecule has 1 saturated heterocycles. The van der Waals surface area contributed by atoms with E-state index in [0.29, 0.717) is 11.9 Å². The summed E-state index contributed by atoms with van der Waals surface area (Å²) < 4.78 is 0. The summed E-state index contributed by atoms with van der Waals surface area (Å²) in [7, 11) is 1.70. The highest BCUT2D eigenvalue weighted by Gasteiger charge is 2.55. The van der Waals surface area contributed by atoms with E-state index in [1.807, 2.05) is 0 Å². The summed E-state index contributed by atoms with van der Waals surface area (Å²) >= 11 is 0. The molecule has 1 heterocycles. The molecule has 4 heteroatoms. The van der Waals surface area contributed by atoms with Crippen LogP contribution in [0.3, 0.4) is 0 Å². The van der Waals surface area contributed by atoms with Gasteiger partial charge in [-0.15, -0.1) is 0 Å². The molecule has 1 aliphatic heterocycles. The number of hydrogen-bond donors (Lipinski definition) is 2. The van der Waals surface area contributed by atoms with Gasteiger partial charge in [-0.05, 0) is 24.2 Å². The van der Waals surface area contributed by atoms with Gasteiger partial charge in [0.25, 0.3) is 5.91 Å². The number of aliphatic imine (C=N–C) groups is 1. The number of nitrogens with one attached hydrogen (secondary N) is 2. The van der Waals surface area contributed by atoms with Crippen molar-refractivity contribution in [1.29, 1.82) is 0 Å². The lowest BCUT2D eigenvalue weighted by atomic mass is 9.62. The number of hydrogen-bond acceptors (Lipinski definition) is 2. The lowest BCUT2D eigenvalue weighted by Gasteiger charge is -2.46. The lowest BCUT2D eigenvalue weighted by Crippen LogP contribution is -2.58.